The number of nitroso groups, excluding NO2 is 1. The van der Waals surface area contributed by atoms with Gasteiger partial charge in [-0.15, -0.1) is 4.91 Å². The van der Waals surface area contributed by atoms with Crippen molar-refractivity contribution in [3.05, 3.63) is 95.9 Å². The number of benzene rings is 3. The molecule has 2 atom stereocenters. The number of ether oxygens (including phenoxy) is 2. The zero-order valence-corrected chi connectivity index (χ0v) is 30.2. The number of rotatable bonds is 22. The van der Waals surface area contributed by atoms with Crippen molar-refractivity contribution in [3.63, 3.8) is 0 Å². The number of esters is 2. The lowest BCUT2D eigenvalue weighted by atomic mass is 10.1. The number of methoxy groups -OCH3 is 1. The normalized spacial score (nSPS) is 12.2. The number of hydrogen-bond acceptors (Lipinski definition) is 10. The summed E-state index contributed by atoms with van der Waals surface area (Å²) in [7, 11) is -0.846. The maximum absolute atomic E-state index is 13.1. The fraction of sp³-hybridized carbons (Fsp3) is 0.378. The van der Waals surface area contributed by atoms with Crippen molar-refractivity contribution in [2.75, 3.05) is 25.6 Å². The molecule has 0 saturated carbocycles. The maximum Gasteiger partial charge on any atom is 0.328 e. The van der Waals surface area contributed by atoms with Crippen LogP contribution in [0.1, 0.15) is 51.9 Å². The largest absolute Gasteiger partial charge is 0.467 e. The minimum atomic E-state index is -2.04. The Bertz CT molecular complexity index is 1450. The van der Waals surface area contributed by atoms with E-state index in [2.05, 4.69) is 88.0 Å². The highest BCUT2D eigenvalue weighted by molar-refractivity contribution is 7.98. The average molecular weight is 723 g/mol. The first-order valence-electron chi connectivity index (χ1n) is 16.6. The molecule has 0 fully saturated rings. The second-order valence-corrected chi connectivity index (χ2v) is 15.8. The van der Waals surface area contributed by atoms with Crippen molar-refractivity contribution in [2.24, 2.45) is 4.58 Å². The van der Waals surface area contributed by atoms with E-state index in [-0.39, 0.29) is 50.4 Å². The van der Waals surface area contributed by atoms with Crippen molar-refractivity contribution in [3.8, 4) is 0 Å². The summed E-state index contributed by atoms with van der Waals surface area (Å²) in [5.41, 5.74) is 0. The number of nitrogens with one attached hydrogen (secondary N) is 2. The number of amides is 2. The molecule has 0 aliphatic carbocycles. The SMILES string of the molecule is CCOC(=O)CCC(=O)[C@H](CSN=O)NC(=O)CC[C@H](NC(=O)CCCC[P+](c1ccccc1)(c1ccccc1)c1ccccc1)C(=O)OC. The molecule has 3 aromatic rings. The van der Waals surface area contributed by atoms with Gasteiger partial charge in [-0.2, -0.15) is 0 Å². The van der Waals surface area contributed by atoms with E-state index in [1.807, 2.05) is 18.2 Å². The third-order valence-electron chi connectivity index (χ3n) is 8.12. The first-order chi connectivity index (χ1) is 24.2. The molecule has 50 heavy (non-hydrogen) atoms. The van der Waals surface area contributed by atoms with Crippen LogP contribution in [0.5, 0.6) is 0 Å². The van der Waals surface area contributed by atoms with Gasteiger partial charge in [-0.3, -0.25) is 19.2 Å². The summed E-state index contributed by atoms with van der Waals surface area (Å²) < 4.78 is 12.4. The Morgan fingerprint density at radius 3 is 1.74 bits per heavy atom. The summed E-state index contributed by atoms with van der Waals surface area (Å²) in [6.45, 7) is 1.82. The van der Waals surface area contributed by atoms with E-state index < -0.39 is 43.0 Å². The number of Topliss-reactive ketones (excluding diaryl/α,β-unsaturated/α-hetero) is 1. The molecule has 13 heteroatoms. The zero-order valence-electron chi connectivity index (χ0n) is 28.5. The molecular weight excluding hydrogens is 677 g/mol. The van der Waals surface area contributed by atoms with Crippen molar-refractivity contribution in [1.29, 1.82) is 0 Å². The predicted octanol–water partition coefficient (Wildman–Crippen LogP) is 4.40. The molecule has 3 rings (SSSR count). The Labute approximate surface area is 298 Å². The molecule has 0 aliphatic heterocycles. The van der Waals surface area contributed by atoms with Gasteiger partial charge >= 0.3 is 11.9 Å². The van der Waals surface area contributed by atoms with Crippen LogP contribution >= 0.6 is 19.2 Å². The van der Waals surface area contributed by atoms with Gasteiger partial charge in [0.1, 0.15) is 29.2 Å². The average Bonchev–Trinajstić information content (AvgIpc) is 3.15. The van der Waals surface area contributed by atoms with E-state index in [0.29, 0.717) is 18.4 Å². The van der Waals surface area contributed by atoms with Crippen molar-refractivity contribution in [1.82, 2.24) is 10.6 Å². The van der Waals surface area contributed by atoms with E-state index in [1.54, 1.807) is 6.92 Å². The van der Waals surface area contributed by atoms with Gasteiger partial charge in [-0.25, -0.2) is 4.79 Å². The third kappa shape index (κ3) is 12.2. The minimum Gasteiger partial charge on any atom is -0.467 e. The molecule has 0 heterocycles. The molecule has 0 unspecified atom stereocenters. The number of nitrogens with zero attached hydrogens (tertiary/aromatic N) is 1. The molecule has 2 N–H and O–H groups in total. The van der Waals surface area contributed by atoms with Crippen LogP contribution < -0.4 is 26.5 Å². The van der Waals surface area contributed by atoms with Crippen LogP contribution in [0.25, 0.3) is 0 Å². The van der Waals surface area contributed by atoms with Crippen LogP contribution in [-0.2, 0) is 33.4 Å². The lowest BCUT2D eigenvalue weighted by Gasteiger charge is -2.27. The molecule has 0 spiro atoms. The molecule has 11 nitrogen and oxygen atoms in total. The summed E-state index contributed by atoms with van der Waals surface area (Å²) >= 11 is 0.568. The Kier molecular flexibility index (Phi) is 17.3. The molecule has 3 aromatic carbocycles. The molecule has 266 valence electrons. The van der Waals surface area contributed by atoms with Gasteiger partial charge in [0.2, 0.25) is 11.8 Å². The van der Waals surface area contributed by atoms with Crippen molar-refractivity contribution in [2.45, 2.75) is 64.0 Å². The number of ketones is 1. The standard InChI is InChI=1S/C37H44N3O8PS/c1-3-48-36(44)25-23-33(41)32(27-50-40-46)39-35(43)24-22-31(37(45)47-2)38-34(42)21-13-14-26-49(28-15-7-4-8-16-28,29-17-9-5-10-18-29)30-19-11-6-12-20-30/h4-12,15-20,31-32H,3,13-14,21-27H2,1-2H3,(H-,38,39,42,43)/p+1/t31-,32-/m0/s1. The number of unbranched alkanes of at least 4 members (excludes halogenated alkanes) is 1. The molecular formula is C37H45N3O8PS+. The summed E-state index contributed by atoms with van der Waals surface area (Å²) in [6.07, 6.45) is 1.71. The molecule has 0 aliphatic rings. The highest BCUT2D eigenvalue weighted by Crippen LogP contribution is 2.55. The summed E-state index contributed by atoms with van der Waals surface area (Å²) in [5.74, 6) is -2.74. The van der Waals surface area contributed by atoms with E-state index in [9.17, 15) is 28.9 Å². The van der Waals surface area contributed by atoms with Gasteiger partial charge < -0.3 is 20.1 Å². The predicted molar refractivity (Wildman–Crippen MR) is 198 cm³/mol. The van der Waals surface area contributed by atoms with Crippen LogP contribution in [0.2, 0.25) is 0 Å². The lowest BCUT2D eigenvalue weighted by molar-refractivity contribution is -0.145. The van der Waals surface area contributed by atoms with Gasteiger partial charge in [-0.1, -0.05) is 54.6 Å². The second kappa shape index (κ2) is 21.6. The van der Waals surface area contributed by atoms with Gasteiger partial charge in [0.05, 0.1) is 32.3 Å². The van der Waals surface area contributed by atoms with Gasteiger partial charge in [0, 0.05) is 41.5 Å². The maximum atomic E-state index is 13.1. The van der Waals surface area contributed by atoms with Gasteiger partial charge in [0.25, 0.3) is 0 Å². The molecule has 0 radical (unpaired) electrons. The number of hydrogen-bond donors (Lipinski definition) is 2. The third-order valence-corrected chi connectivity index (χ3v) is 13.2. The van der Waals surface area contributed by atoms with Crippen molar-refractivity contribution < 1.29 is 33.4 Å². The summed E-state index contributed by atoms with van der Waals surface area (Å²) in [4.78, 5) is 73.4. The smallest absolute Gasteiger partial charge is 0.328 e. The molecule has 0 bridgehead atoms. The fourth-order valence-corrected chi connectivity index (χ4v) is 10.6. The van der Waals surface area contributed by atoms with Crippen molar-refractivity contribution >= 4 is 64.7 Å². The van der Waals surface area contributed by atoms with E-state index in [0.717, 1.165) is 12.6 Å². The topological polar surface area (TPSA) is 157 Å². The highest BCUT2D eigenvalue weighted by atomic mass is 32.2. The monoisotopic (exact) mass is 722 g/mol. The Balaban J connectivity index is 1.61. The van der Waals surface area contributed by atoms with Crippen LogP contribution in [0.4, 0.5) is 0 Å². The Morgan fingerprint density at radius 2 is 1.24 bits per heavy atom. The van der Waals surface area contributed by atoms with Crippen LogP contribution in [0.3, 0.4) is 0 Å². The lowest BCUT2D eigenvalue weighted by Crippen LogP contribution is -2.45. The first kappa shape index (κ1) is 40.0. The Morgan fingerprint density at radius 1 is 0.720 bits per heavy atom. The van der Waals surface area contributed by atoms with E-state index in [4.69, 9.17) is 9.47 Å². The Hall–Kier alpha value is -4.41. The van der Waals surface area contributed by atoms with E-state index >= 15 is 0 Å². The summed E-state index contributed by atoms with van der Waals surface area (Å²) in [5, 5.41) is 9.03. The minimum absolute atomic E-state index is 0.0717. The molecule has 2 amide bonds. The fourth-order valence-electron chi connectivity index (χ4n) is 5.67. The number of carbonyl (C=O) groups excluding carboxylic acids is 5. The van der Waals surface area contributed by atoms with Gasteiger partial charge in [-0.05, 0) is 62.6 Å². The highest BCUT2D eigenvalue weighted by Gasteiger charge is 2.44. The van der Waals surface area contributed by atoms with Gasteiger partial charge in [0.15, 0.2) is 5.78 Å². The van der Waals surface area contributed by atoms with E-state index in [1.165, 1.54) is 23.0 Å². The summed E-state index contributed by atoms with van der Waals surface area (Å²) in [6, 6.07) is 29.3. The second-order valence-electron chi connectivity index (χ2n) is 11.4. The van der Waals surface area contributed by atoms with Crippen LogP contribution in [0, 0.1) is 4.91 Å². The first-order valence-corrected chi connectivity index (χ1v) is 19.5. The van der Waals surface area contributed by atoms with Crippen LogP contribution in [-0.4, -0.2) is 67.3 Å². The molecule has 0 saturated heterocycles. The zero-order chi connectivity index (χ0) is 36.2. The van der Waals surface area contributed by atoms with Crippen LogP contribution in [0.15, 0.2) is 95.6 Å². The molecule has 0 aromatic heterocycles. The quantitative estimate of drug-likeness (QED) is 0.0505. The number of carbonyl (C=O) groups is 5.